The van der Waals surface area contributed by atoms with E-state index in [-0.39, 0.29) is 18.3 Å². The minimum absolute atomic E-state index is 0. The molecule has 2 N–H and O–H groups in total. The van der Waals surface area contributed by atoms with Crippen molar-refractivity contribution in [1.82, 2.24) is 10.6 Å². The van der Waals surface area contributed by atoms with Crippen LogP contribution in [0.5, 0.6) is 17.2 Å². The second kappa shape index (κ2) is 9.44. The molecule has 0 aromatic heterocycles. The average Bonchev–Trinajstić information content (AvgIpc) is 2.59. The van der Waals surface area contributed by atoms with Crippen molar-refractivity contribution in [3.63, 3.8) is 0 Å². The number of hydrogen-bond donors (Lipinski definition) is 2. The average molecular weight is 347 g/mol. The number of rotatable bonds is 6. The standard InChI is InChI=1S/C15H22N2O5.ClH/c1-19-11-6-10(7-12(20-2)14(11)21-3)8-17-15(18)13-9-16-4-5-22-13;/h6-7,13,16H,4-5,8-9H2,1-3H3,(H,17,18);1H. The van der Waals surface area contributed by atoms with E-state index < -0.39 is 6.10 Å². The van der Waals surface area contributed by atoms with Crippen molar-refractivity contribution in [2.24, 2.45) is 0 Å². The first-order valence-electron chi connectivity index (χ1n) is 7.08. The largest absolute Gasteiger partial charge is 0.493 e. The van der Waals surface area contributed by atoms with Gasteiger partial charge >= 0.3 is 0 Å². The van der Waals surface area contributed by atoms with Crippen molar-refractivity contribution in [3.8, 4) is 17.2 Å². The summed E-state index contributed by atoms with van der Waals surface area (Å²) in [6, 6.07) is 3.61. The van der Waals surface area contributed by atoms with Crippen LogP contribution in [0.1, 0.15) is 5.56 Å². The normalized spacial score (nSPS) is 16.9. The number of amides is 1. The molecule has 7 nitrogen and oxygen atoms in total. The highest BCUT2D eigenvalue weighted by Gasteiger charge is 2.21. The van der Waals surface area contributed by atoms with Gasteiger partial charge < -0.3 is 29.6 Å². The van der Waals surface area contributed by atoms with E-state index in [1.54, 1.807) is 21.3 Å². The van der Waals surface area contributed by atoms with Crippen LogP contribution in [-0.2, 0) is 16.1 Å². The Morgan fingerprint density at radius 2 is 1.91 bits per heavy atom. The molecule has 2 rings (SSSR count). The van der Waals surface area contributed by atoms with Crippen LogP contribution in [0, 0.1) is 0 Å². The Morgan fingerprint density at radius 1 is 1.26 bits per heavy atom. The number of hydrogen-bond acceptors (Lipinski definition) is 6. The van der Waals surface area contributed by atoms with Gasteiger partial charge in [-0.15, -0.1) is 12.4 Å². The van der Waals surface area contributed by atoms with E-state index in [0.717, 1.165) is 12.1 Å². The number of carbonyl (C=O) groups excluding carboxylic acids is 1. The van der Waals surface area contributed by atoms with Gasteiger partial charge in [-0.2, -0.15) is 0 Å². The van der Waals surface area contributed by atoms with Crippen molar-refractivity contribution < 1.29 is 23.7 Å². The molecule has 1 saturated heterocycles. The minimum atomic E-state index is -0.448. The molecule has 1 aromatic carbocycles. The highest BCUT2D eigenvalue weighted by molar-refractivity contribution is 5.85. The van der Waals surface area contributed by atoms with Gasteiger partial charge in [0.05, 0.1) is 27.9 Å². The number of morpholine rings is 1. The van der Waals surface area contributed by atoms with Gasteiger partial charge in [-0.1, -0.05) is 0 Å². The zero-order valence-corrected chi connectivity index (χ0v) is 14.3. The van der Waals surface area contributed by atoms with Crippen molar-refractivity contribution in [1.29, 1.82) is 0 Å². The molecule has 1 atom stereocenters. The smallest absolute Gasteiger partial charge is 0.250 e. The van der Waals surface area contributed by atoms with Gasteiger partial charge in [0, 0.05) is 19.6 Å². The lowest BCUT2D eigenvalue weighted by Crippen LogP contribution is -2.47. The first-order valence-corrected chi connectivity index (χ1v) is 7.08. The number of carbonyl (C=O) groups is 1. The Hall–Kier alpha value is -1.70. The summed E-state index contributed by atoms with van der Waals surface area (Å²) in [4.78, 5) is 12.0. The molecule has 1 fully saturated rings. The lowest BCUT2D eigenvalue weighted by molar-refractivity contribution is -0.134. The van der Waals surface area contributed by atoms with Crippen LogP contribution in [0.4, 0.5) is 0 Å². The zero-order chi connectivity index (χ0) is 15.9. The molecule has 23 heavy (non-hydrogen) atoms. The molecule has 0 aliphatic carbocycles. The molecular weight excluding hydrogens is 324 g/mol. The molecule has 1 unspecified atom stereocenters. The summed E-state index contributed by atoms with van der Waals surface area (Å²) in [5.74, 6) is 1.50. The van der Waals surface area contributed by atoms with E-state index in [1.807, 2.05) is 12.1 Å². The molecule has 0 saturated carbocycles. The summed E-state index contributed by atoms with van der Waals surface area (Å²) < 4.78 is 21.3. The van der Waals surface area contributed by atoms with E-state index >= 15 is 0 Å². The van der Waals surface area contributed by atoms with Crippen molar-refractivity contribution in [2.75, 3.05) is 41.0 Å². The molecule has 8 heteroatoms. The zero-order valence-electron chi connectivity index (χ0n) is 13.5. The topological polar surface area (TPSA) is 78.1 Å². The maximum absolute atomic E-state index is 12.0. The van der Waals surface area contributed by atoms with E-state index in [4.69, 9.17) is 18.9 Å². The Balaban J connectivity index is 0.00000264. The summed E-state index contributed by atoms with van der Waals surface area (Å²) in [5, 5.41) is 5.98. The third-order valence-electron chi connectivity index (χ3n) is 3.41. The molecule has 130 valence electrons. The van der Waals surface area contributed by atoms with Crippen LogP contribution in [-0.4, -0.2) is 53.0 Å². The lowest BCUT2D eigenvalue weighted by Gasteiger charge is -2.22. The highest BCUT2D eigenvalue weighted by Crippen LogP contribution is 2.38. The van der Waals surface area contributed by atoms with Crippen LogP contribution < -0.4 is 24.8 Å². The molecule has 1 aliphatic rings. The van der Waals surface area contributed by atoms with Crippen molar-refractivity contribution in [3.05, 3.63) is 17.7 Å². The van der Waals surface area contributed by atoms with Crippen LogP contribution >= 0.6 is 12.4 Å². The maximum Gasteiger partial charge on any atom is 0.250 e. The maximum atomic E-state index is 12.0. The third kappa shape index (κ3) is 4.89. The summed E-state index contributed by atoms with van der Waals surface area (Å²) in [5.41, 5.74) is 0.853. The van der Waals surface area contributed by atoms with Gasteiger partial charge in [0.15, 0.2) is 11.5 Å². The fourth-order valence-electron chi connectivity index (χ4n) is 2.27. The predicted octanol–water partition coefficient (Wildman–Crippen LogP) is 0.739. The minimum Gasteiger partial charge on any atom is -0.493 e. The number of nitrogens with one attached hydrogen (secondary N) is 2. The Kier molecular flexibility index (Phi) is 7.94. The Bertz CT molecular complexity index is 496. The fraction of sp³-hybridized carbons (Fsp3) is 0.533. The van der Waals surface area contributed by atoms with Gasteiger partial charge in [-0.25, -0.2) is 0 Å². The summed E-state index contributed by atoms with van der Waals surface area (Å²) >= 11 is 0. The van der Waals surface area contributed by atoms with Gasteiger partial charge in [0.2, 0.25) is 5.75 Å². The number of ether oxygens (including phenoxy) is 4. The second-order valence-electron chi connectivity index (χ2n) is 4.81. The molecule has 1 amide bonds. The highest BCUT2D eigenvalue weighted by atomic mass is 35.5. The van der Waals surface area contributed by atoms with Crippen molar-refractivity contribution in [2.45, 2.75) is 12.6 Å². The monoisotopic (exact) mass is 346 g/mol. The molecule has 0 radical (unpaired) electrons. The number of halogens is 1. The predicted molar refractivity (Wildman–Crippen MR) is 87.8 cm³/mol. The van der Waals surface area contributed by atoms with Crippen molar-refractivity contribution >= 4 is 18.3 Å². The van der Waals surface area contributed by atoms with E-state index in [2.05, 4.69) is 10.6 Å². The van der Waals surface area contributed by atoms with E-state index in [9.17, 15) is 4.79 Å². The van der Waals surface area contributed by atoms with E-state index in [1.165, 1.54) is 0 Å². The van der Waals surface area contributed by atoms with Gasteiger partial charge in [0.1, 0.15) is 6.10 Å². The van der Waals surface area contributed by atoms with Gasteiger partial charge in [0.25, 0.3) is 5.91 Å². The Morgan fingerprint density at radius 3 is 2.39 bits per heavy atom. The Labute approximate surface area is 142 Å². The van der Waals surface area contributed by atoms with Crippen LogP contribution in [0.15, 0.2) is 12.1 Å². The summed E-state index contributed by atoms with van der Waals surface area (Å²) in [7, 11) is 4.66. The van der Waals surface area contributed by atoms with E-state index in [0.29, 0.717) is 36.9 Å². The van der Waals surface area contributed by atoms with Crippen LogP contribution in [0.2, 0.25) is 0 Å². The SMILES string of the molecule is COc1cc(CNC(=O)C2CNCCO2)cc(OC)c1OC.Cl. The molecule has 1 aliphatic heterocycles. The van der Waals surface area contributed by atoms with Crippen LogP contribution in [0.25, 0.3) is 0 Å². The fourth-order valence-corrected chi connectivity index (χ4v) is 2.27. The number of benzene rings is 1. The lowest BCUT2D eigenvalue weighted by atomic mass is 10.1. The molecule has 1 aromatic rings. The molecular formula is C15H23ClN2O5. The third-order valence-corrected chi connectivity index (χ3v) is 3.41. The first-order chi connectivity index (χ1) is 10.7. The summed E-state index contributed by atoms with van der Waals surface area (Å²) in [6.45, 7) is 2.20. The first kappa shape index (κ1) is 19.3. The van der Waals surface area contributed by atoms with Gasteiger partial charge in [-0.05, 0) is 17.7 Å². The number of methoxy groups -OCH3 is 3. The van der Waals surface area contributed by atoms with Crippen LogP contribution in [0.3, 0.4) is 0 Å². The molecule has 0 spiro atoms. The second-order valence-corrected chi connectivity index (χ2v) is 4.81. The molecule has 1 heterocycles. The van der Waals surface area contributed by atoms with Gasteiger partial charge in [-0.3, -0.25) is 4.79 Å². The molecule has 0 bridgehead atoms. The quantitative estimate of drug-likeness (QED) is 0.791. The summed E-state index contributed by atoms with van der Waals surface area (Å²) in [6.07, 6.45) is -0.448.